The van der Waals surface area contributed by atoms with Crippen molar-refractivity contribution in [3.05, 3.63) is 58.9 Å². The maximum Gasteiger partial charge on any atom is 0.257 e. The van der Waals surface area contributed by atoms with Crippen molar-refractivity contribution in [2.75, 3.05) is 5.32 Å². The molecule has 25 heavy (non-hydrogen) atoms. The van der Waals surface area contributed by atoms with Gasteiger partial charge in [-0.05, 0) is 50.6 Å². The molecule has 0 saturated heterocycles. The number of aromatic nitrogens is 3. The molecule has 0 aliphatic rings. The van der Waals surface area contributed by atoms with E-state index in [2.05, 4.69) is 20.3 Å². The van der Waals surface area contributed by atoms with E-state index in [1.807, 2.05) is 45.0 Å². The number of hydrogen-bond acceptors (Lipinski definition) is 5. The van der Waals surface area contributed by atoms with Crippen LogP contribution in [0.25, 0.3) is 21.3 Å². The molecule has 5 nitrogen and oxygen atoms in total. The molecular formula is C19H16N4OS. The zero-order chi connectivity index (χ0) is 17.6. The van der Waals surface area contributed by atoms with Crippen LogP contribution in [0, 0.1) is 20.8 Å². The summed E-state index contributed by atoms with van der Waals surface area (Å²) >= 11 is 1.47. The Morgan fingerprint density at radius 3 is 2.48 bits per heavy atom. The van der Waals surface area contributed by atoms with E-state index in [0.717, 1.165) is 38.2 Å². The third-order valence-corrected chi connectivity index (χ3v) is 5.11. The summed E-state index contributed by atoms with van der Waals surface area (Å²) in [5.74, 6) is -0.196. The lowest BCUT2D eigenvalue weighted by atomic mass is 10.1. The number of rotatable bonds is 2. The van der Waals surface area contributed by atoms with E-state index in [1.165, 1.54) is 11.3 Å². The van der Waals surface area contributed by atoms with Crippen LogP contribution in [-0.4, -0.2) is 20.9 Å². The van der Waals surface area contributed by atoms with Gasteiger partial charge in [0.25, 0.3) is 5.91 Å². The molecule has 6 heteroatoms. The topological polar surface area (TPSA) is 67.8 Å². The van der Waals surface area contributed by atoms with E-state index in [0.29, 0.717) is 10.7 Å². The predicted octanol–water partition coefficient (Wildman–Crippen LogP) is 4.42. The van der Waals surface area contributed by atoms with Crippen molar-refractivity contribution in [3.8, 4) is 0 Å². The SMILES string of the molecule is Cc1nc2ccc(C(=O)Nc3nc4c(C)cccc4s3)cc2nc1C. The number of benzene rings is 2. The number of nitrogens with zero attached hydrogens (tertiary/aromatic N) is 3. The number of carbonyl (C=O) groups excluding carboxylic acids is 1. The zero-order valence-electron chi connectivity index (χ0n) is 14.1. The lowest BCUT2D eigenvalue weighted by Gasteiger charge is -2.05. The van der Waals surface area contributed by atoms with Gasteiger partial charge in [0, 0.05) is 5.56 Å². The summed E-state index contributed by atoms with van der Waals surface area (Å²) < 4.78 is 1.06. The molecule has 0 radical (unpaired) electrons. The summed E-state index contributed by atoms with van der Waals surface area (Å²) in [7, 11) is 0. The largest absolute Gasteiger partial charge is 0.298 e. The second-order valence-corrected chi connectivity index (χ2v) is 7.02. The standard InChI is InChI=1S/C19H16N4OS/c1-10-5-4-6-16-17(10)22-19(25-16)23-18(24)13-7-8-14-15(9-13)21-12(3)11(2)20-14/h4-9H,1-3H3,(H,22,23,24). The molecule has 0 aliphatic carbocycles. The third-order valence-electron chi connectivity index (χ3n) is 4.18. The van der Waals surface area contributed by atoms with E-state index in [-0.39, 0.29) is 5.91 Å². The second kappa shape index (κ2) is 5.89. The minimum absolute atomic E-state index is 0.196. The van der Waals surface area contributed by atoms with Gasteiger partial charge in [0.15, 0.2) is 5.13 Å². The van der Waals surface area contributed by atoms with Gasteiger partial charge < -0.3 is 0 Å². The van der Waals surface area contributed by atoms with Gasteiger partial charge in [0.05, 0.1) is 32.6 Å². The highest BCUT2D eigenvalue weighted by atomic mass is 32.1. The molecule has 124 valence electrons. The number of fused-ring (bicyclic) bond motifs is 2. The van der Waals surface area contributed by atoms with Crippen molar-refractivity contribution in [3.63, 3.8) is 0 Å². The fraction of sp³-hybridized carbons (Fsp3) is 0.158. The van der Waals surface area contributed by atoms with Crippen molar-refractivity contribution < 1.29 is 4.79 Å². The first-order chi connectivity index (χ1) is 12.0. The minimum atomic E-state index is -0.196. The number of carbonyl (C=O) groups is 1. The first kappa shape index (κ1) is 15.7. The highest BCUT2D eigenvalue weighted by molar-refractivity contribution is 7.22. The Hall–Kier alpha value is -2.86. The number of anilines is 1. The number of thiazole rings is 1. The lowest BCUT2D eigenvalue weighted by Crippen LogP contribution is -2.11. The number of para-hydroxylation sites is 1. The monoisotopic (exact) mass is 348 g/mol. The van der Waals surface area contributed by atoms with Crippen molar-refractivity contribution in [1.82, 2.24) is 15.0 Å². The van der Waals surface area contributed by atoms with E-state index in [4.69, 9.17) is 0 Å². The van der Waals surface area contributed by atoms with Crippen LogP contribution in [0.1, 0.15) is 27.3 Å². The van der Waals surface area contributed by atoms with Crippen LogP contribution in [0.3, 0.4) is 0 Å². The quantitative estimate of drug-likeness (QED) is 0.582. The van der Waals surface area contributed by atoms with Crippen LogP contribution < -0.4 is 5.32 Å². The number of hydrogen-bond donors (Lipinski definition) is 1. The van der Waals surface area contributed by atoms with Gasteiger partial charge in [-0.25, -0.2) is 15.0 Å². The molecule has 0 aliphatic heterocycles. The first-order valence-corrected chi connectivity index (χ1v) is 8.75. The Bertz CT molecular complexity index is 1130. The van der Waals surface area contributed by atoms with E-state index >= 15 is 0 Å². The molecule has 2 heterocycles. The molecule has 4 rings (SSSR count). The van der Waals surface area contributed by atoms with Crippen LogP contribution in [0.4, 0.5) is 5.13 Å². The number of amides is 1. The van der Waals surface area contributed by atoms with Gasteiger partial charge in [0.2, 0.25) is 0 Å². The zero-order valence-corrected chi connectivity index (χ0v) is 14.9. The molecule has 1 amide bonds. The van der Waals surface area contributed by atoms with Gasteiger partial charge in [0.1, 0.15) is 0 Å². The summed E-state index contributed by atoms with van der Waals surface area (Å²) in [5.41, 5.74) is 5.84. The van der Waals surface area contributed by atoms with Crippen LogP contribution >= 0.6 is 11.3 Å². The Balaban J connectivity index is 1.66. The maximum atomic E-state index is 12.6. The normalized spacial score (nSPS) is 11.2. The Morgan fingerprint density at radius 2 is 1.72 bits per heavy atom. The molecule has 2 aromatic carbocycles. The number of aryl methyl sites for hydroxylation is 3. The van der Waals surface area contributed by atoms with Crippen LogP contribution in [0.5, 0.6) is 0 Å². The van der Waals surface area contributed by atoms with Crippen molar-refractivity contribution in [1.29, 1.82) is 0 Å². The molecule has 0 saturated carbocycles. The van der Waals surface area contributed by atoms with E-state index in [1.54, 1.807) is 12.1 Å². The molecule has 0 spiro atoms. The Labute approximate surface area is 148 Å². The fourth-order valence-electron chi connectivity index (χ4n) is 2.68. The fourth-order valence-corrected chi connectivity index (χ4v) is 3.62. The van der Waals surface area contributed by atoms with Crippen LogP contribution in [0.2, 0.25) is 0 Å². The summed E-state index contributed by atoms with van der Waals surface area (Å²) in [5, 5.41) is 3.48. The van der Waals surface area contributed by atoms with Gasteiger partial charge in [-0.2, -0.15) is 0 Å². The molecule has 4 aromatic rings. The summed E-state index contributed by atoms with van der Waals surface area (Å²) in [4.78, 5) is 26.1. The van der Waals surface area contributed by atoms with Crippen molar-refractivity contribution in [2.45, 2.75) is 20.8 Å². The van der Waals surface area contributed by atoms with Gasteiger partial charge in [-0.15, -0.1) is 0 Å². The second-order valence-electron chi connectivity index (χ2n) is 5.99. The Kier molecular flexibility index (Phi) is 3.69. The molecule has 0 unspecified atom stereocenters. The van der Waals surface area contributed by atoms with Gasteiger partial charge in [-0.1, -0.05) is 23.5 Å². The molecule has 0 fully saturated rings. The average molecular weight is 348 g/mol. The predicted molar refractivity (Wildman–Crippen MR) is 101 cm³/mol. The highest BCUT2D eigenvalue weighted by Gasteiger charge is 2.12. The molecule has 0 bridgehead atoms. The summed E-state index contributed by atoms with van der Waals surface area (Å²) in [6, 6.07) is 11.4. The maximum absolute atomic E-state index is 12.6. The molecule has 1 N–H and O–H groups in total. The molecular weight excluding hydrogens is 332 g/mol. The number of nitrogens with one attached hydrogen (secondary N) is 1. The van der Waals surface area contributed by atoms with Crippen LogP contribution in [0.15, 0.2) is 36.4 Å². The van der Waals surface area contributed by atoms with Crippen molar-refractivity contribution >= 4 is 43.6 Å². The minimum Gasteiger partial charge on any atom is -0.298 e. The third kappa shape index (κ3) is 2.85. The first-order valence-electron chi connectivity index (χ1n) is 7.94. The van der Waals surface area contributed by atoms with Crippen LogP contribution in [-0.2, 0) is 0 Å². The molecule has 0 atom stereocenters. The van der Waals surface area contributed by atoms with Crippen molar-refractivity contribution in [2.24, 2.45) is 0 Å². The highest BCUT2D eigenvalue weighted by Crippen LogP contribution is 2.28. The Morgan fingerprint density at radius 1 is 0.960 bits per heavy atom. The van der Waals surface area contributed by atoms with Gasteiger partial charge in [-0.3, -0.25) is 10.1 Å². The molecule has 2 aromatic heterocycles. The van der Waals surface area contributed by atoms with E-state index < -0.39 is 0 Å². The van der Waals surface area contributed by atoms with Gasteiger partial charge >= 0.3 is 0 Å². The van der Waals surface area contributed by atoms with E-state index in [9.17, 15) is 4.79 Å². The lowest BCUT2D eigenvalue weighted by molar-refractivity contribution is 0.102. The average Bonchev–Trinajstić information content (AvgIpc) is 2.99. The summed E-state index contributed by atoms with van der Waals surface area (Å²) in [6.07, 6.45) is 0. The summed E-state index contributed by atoms with van der Waals surface area (Å²) in [6.45, 7) is 5.86. The smallest absolute Gasteiger partial charge is 0.257 e.